The SMILES string of the molecule is COc1c(C(C)(C)C)cc([C@H](N[S@](=O)C(C)(C)C)c2ccccc2P(c2ccccc2)c2ccccc2)cc1C(C)(C)C. The van der Waals surface area contributed by atoms with E-state index in [1.807, 2.05) is 20.8 Å². The molecule has 0 heterocycles. The molecule has 3 nitrogen and oxygen atoms in total. The van der Waals surface area contributed by atoms with Crippen LogP contribution in [0.1, 0.15) is 90.6 Å². The Hall–Kier alpha value is -2.78. The fourth-order valence-electron chi connectivity index (χ4n) is 5.26. The first-order chi connectivity index (χ1) is 20.1. The molecule has 0 aliphatic heterocycles. The number of methoxy groups -OCH3 is 1. The minimum Gasteiger partial charge on any atom is -0.496 e. The van der Waals surface area contributed by atoms with Crippen molar-refractivity contribution in [3.8, 4) is 5.75 Å². The van der Waals surface area contributed by atoms with Crippen molar-refractivity contribution in [1.29, 1.82) is 0 Å². The Bertz CT molecular complexity index is 1470. The minimum absolute atomic E-state index is 0.157. The maximum Gasteiger partial charge on any atom is 0.126 e. The number of rotatable bonds is 8. The fraction of sp³-hybridized carbons (Fsp3) is 0.368. The van der Waals surface area contributed by atoms with E-state index >= 15 is 0 Å². The molecule has 0 bridgehead atoms. The van der Waals surface area contributed by atoms with Crippen LogP contribution < -0.4 is 25.4 Å². The second-order valence-electron chi connectivity index (χ2n) is 14.1. The molecule has 5 heteroatoms. The largest absolute Gasteiger partial charge is 0.496 e. The van der Waals surface area contributed by atoms with Crippen LogP contribution in [0.5, 0.6) is 5.75 Å². The highest BCUT2D eigenvalue weighted by atomic mass is 32.2. The smallest absolute Gasteiger partial charge is 0.126 e. The zero-order chi connectivity index (χ0) is 31.6. The molecule has 0 aliphatic rings. The third-order valence-electron chi connectivity index (χ3n) is 7.56. The van der Waals surface area contributed by atoms with Crippen LogP contribution in [0.25, 0.3) is 0 Å². The molecule has 1 N–H and O–H groups in total. The second-order valence-corrected chi connectivity index (χ2v) is 18.3. The molecule has 4 rings (SSSR count). The first-order valence-corrected chi connectivity index (χ1v) is 17.5. The average Bonchev–Trinajstić information content (AvgIpc) is 2.95. The van der Waals surface area contributed by atoms with Gasteiger partial charge in [0.2, 0.25) is 0 Å². The zero-order valence-corrected chi connectivity index (χ0v) is 29.2. The summed E-state index contributed by atoms with van der Waals surface area (Å²) < 4.78 is 23.2. The van der Waals surface area contributed by atoms with Gasteiger partial charge in [0.25, 0.3) is 0 Å². The lowest BCUT2D eigenvalue weighted by atomic mass is 9.77. The highest BCUT2D eigenvalue weighted by Gasteiger charge is 2.33. The van der Waals surface area contributed by atoms with Crippen molar-refractivity contribution in [2.75, 3.05) is 7.11 Å². The Morgan fingerprint density at radius 1 is 0.674 bits per heavy atom. The summed E-state index contributed by atoms with van der Waals surface area (Å²) in [5.74, 6) is 0.934. The number of hydrogen-bond acceptors (Lipinski definition) is 2. The van der Waals surface area contributed by atoms with Gasteiger partial charge in [-0.3, -0.25) is 0 Å². The first kappa shape index (κ1) is 33.1. The highest BCUT2D eigenvalue weighted by Crippen LogP contribution is 2.44. The van der Waals surface area contributed by atoms with Crippen molar-refractivity contribution < 1.29 is 8.95 Å². The molecule has 0 fully saturated rings. The standard InChI is InChI=1S/C38H48NO2PS/c1-36(2,3)31-25-27(26-32(35(31)41-10)37(4,5)6)34(39-43(40)38(7,8)9)30-23-17-18-24-33(30)42(28-19-13-11-14-20-28)29-21-15-12-16-22-29/h11-26,34,39H,1-10H3/t34-,43+/m0/s1. The number of benzene rings is 4. The van der Waals surface area contributed by atoms with Crippen molar-refractivity contribution in [3.05, 3.63) is 119 Å². The van der Waals surface area contributed by atoms with Crippen LogP contribution in [-0.4, -0.2) is 16.1 Å². The molecule has 0 aliphatic carbocycles. The topological polar surface area (TPSA) is 38.3 Å². The summed E-state index contributed by atoms with van der Waals surface area (Å²) >= 11 is 0. The molecule has 43 heavy (non-hydrogen) atoms. The number of ether oxygens (including phenoxy) is 1. The molecule has 0 spiro atoms. The van der Waals surface area contributed by atoms with Gasteiger partial charge in [0, 0.05) is 11.1 Å². The second kappa shape index (κ2) is 13.1. The number of hydrogen-bond donors (Lipinski definition) is 1. The number of nitrogens with one attached hydrogen (secondary N) is 1. The van der Waals surface area contributed by atoms with E-state index in [0.717, 1.165) is 28.0 Å². The molecule has 0 saturated heterocycles. The Balaban J connectivity index is 2.06. The van der Waals surface area contributed by atoms with Gasteiger partial charge in [-0.1, -0.05) is 126 Å². The summed E-state index contributed by atoms with van der Waals surface area (Å²) in [7, 11) is -0.422. The third-order valence-corrected chi connectivity index (χ3v) is 11.6. The van der Waals surface area contributed by atoms with E-state index in [2.05, 4.69) is 143 Å². The maximum absolute atomic E-state index is 13.9. The molecule has 0 amide bonds. The van der Waals surface area contributed by atoms with Crippen molar-refractivity contribution >= 4 is 34.8 Å². The van der Waals surface area contributed by atoms with Crippen LogP contribution in [0.2, 0.25) is 0 Å². The monoisotopic (exact) mass is 613 g/mol. The molecule has 2 atom stereocenters. The lowest BCUT2D eigenvalue weighted by Gasteiger charge is -2.33. The summed E-state index contributed by atoms with van der Waals surface area (Å²) in [5.41, 5.74) is 4.22. The average molecular weight is 614 g/mol. The summed E-state index contributed by atoms with van der Waals surface area (Å²) in [5, 5.41) is 3.82. The van der Waals surface area contributed by atoms with Gasteiger partial charge in [0.05, 0.1) is 28.9 Å². The molecular formula is C38H48NO2PS. The van der Waals surface area contributed by atoms with Gasteiger partial charge in [0.1, 0.15) is 5.75 Å². The third kappa shape index (κ3) is 7.66. The van der Waals surface area contributed by atoms with E-state index in [4.69, 9.17) is 4.74 Å². The maximum atomic E-state index is 13.9. The first-order valence-electron chi connectivity index (χ1n) is 15.0. The van der Waals surface area contributed by atoms with Gasteiger partial charge in [-0.25, -0.2) is 8.93 Å². The van der Waals surface area contributed by atoms with Gasteiger partial charge in [-0.15, -0.1) is 0 Å². The molecule has 4 aromatic carbocycles. The Labute approximate surface area is 263 Å². The van der Waals surface area contributed by atoms with Gasteiger partial charge in [0.15, 0.2) is 0 Å². The van der Waals surface area contributed by atoms with Crippen LogP contribution in [0.15, 0.2) is 97.1 Å². The molecule has 0 aromatic heterocycles. The minimum atomic E-state index is -1.32. The van der Waals surface area contributed by atoms with E-state index < -0.39 is 23.7 Å². The molecule has 0 saturated carbocycles. The van der Waals surface area contributed by atoms with Crippen molar-refractivity contribution in [1.82, 2.24) is 4.72 Å². The lowest BCUT2D eigenvalue weighted by Crippen LogP contribution is -2.38. The normalized spacial score (nSPS) is 14.0. The molecule has 4 aromatic rings. The quantitative estimate of drug-likeness (QED) is 0.204. The van der Waals surface area contributed by atoms with Crippen LogP contribution in [0, 0.1) is 0 Å². The summed E-state index contributed by atoms with van der Waals surface area (Å²) in [6.45, 7) is 19.5. The summed E-state index contributed by atoms with van der Waals surface area (Å²) in [6, 6.07) is 34.5. The van der Waals surface area contributed by atoms with E-state index in [-0.39, 0.29) is 16.9 Å². The van der Waals surface area contributed by atoms with Gasteiger partial charge in [-0.2, -0.15) is 0 Å². The summed E-state index contributed by atoms with van der Waals surface area (Å²) in [4.78, 5) is 0. The predicted octanol–water partition coefficient (Wildman–Crippen LogP) is 8.19. The van der Waals surface area contributed by atoms with Gasteiger partial charge in [-0.05, 0) is 78.7 Å². The van der Waals surface area contributed by atoms with Crippen molar-refractivity contribution in [2.45, 2.75) is 83.9 Å². The Morgan fingerprint density at radius 2 is 1.12 bits per heavy atom. The van der Waals surface area contributed by atoms with Crippen molar-refractivity contribution in [3.63, 3.8) is 0 Å². The van der Waals surface area contributed by atoms with E-state index in [1.165, 1.54) is 15.9 Å². The van der Waals surface area contributed by atoms with E-state index in [0.29, 0.717) is 0 Å². The molecule has 0 radical (unpaired) electrons. The van der Waals surface area contributed by atoms with E-state index in [9.17, 15) is 4.21 Å². The molecule has 228 valence electrons. The van der Waals surface area contributed by atoms with Crippen LogP contribution in [-0.2, 0) is 21.8 Å². The van der Waals surface area contributed by atoms with Crippen LogP contribution in [0.3, 0.4) is 0 Å². The molecule has 0 unspecified atom stereocenters. The molecular weight excluding hydrogens is 565 g/mol. The Morgan fingerprint density at radius 3 is 1.53 bits per heavy atom. The fourth-order valence-corrected chi connectivity index (χ4v) is 8.59. The van der Waals surface area contributed by atoms with Gasteiger partial charge >= 0.3 is 0 Å². The summed E-state index contributed by atoms with van der Waals surface area (Å²) in [6.07, 6.45) is 0. The van der Waals surface area contributed by atoms with Crippen molar-refractivity contribution in [2.24, 2.45) is 0 Å². The highest BCUT2D eigenvalue weighted by molar-refractivity contribution is 7.84. The zero-order valence-electron chi connectivity index (χ0n) is 27.5. The van der Waals surface area contributed by atoms with Crippen LogP contribution in [0.4, 0.5) is 0 Å². The van der Waals surface area contributed by atoms with Crippen LogP contribution >= 0.6 is 7.92 Å². The lowest BCUT2D eigenvalue weighted by molar-refractivity contribution is 0.381. The Kier molecular flexibility index (Phi) is 10.1. The van der Waals surface area contributed by atoms with Gasteiger partial charge < -0.3 is 4.74 Å². The van der Waals surface area contributed by atoms with E-state index in [1.54, 1.807) is 7.11 Å². The predicted molar refractivity (Wildman–Crippen MR) is 188 cm³/mol.